The molecule has 2 unspecified atom stereocenters. The third kappa shape index (κ3) is 3.56. The van der Waals surface area contributed by atoms with Gasteiger partial charge in [-0.1, -0.05) is 6.92 Å². The molecule has 0 aromatic rings. The number of hydrogen-bond donors (Lipinski definition) is 0. The van der Waals surface area contributed by atoms with Gasteiger partial charge in [-0.2, -0.15) is 0 Å². The predicted octanol–water partition coefficient (Wildman–Crippen LogP) is 0.276. The van der Waals surface area contributed by atoms with E-state index in [9.17, 15) is 9.00 Å². The monoisotopic (exact) mass is 203 g/mol. The molecule has 1 fully saturated rings. The molecule has 3 nitrogen and oxygen atoms in total. The zero-order valence-corrected chi connectivity index (χ0v) is 9.10. The van der Waals surface area contributed by atoms with Gasteiger partial charge < -0.3 is 4.90 Å². The van der Waals surface area contributed by atoms with Gasteiger partial charge in [0.05, 0.1) is 0 Å². The summed E-state index contributed by atoms with van der Waals surface area (Å²) in [6.07, 6.45) is 2.38. The molecule has 4 heteroatoms. The van der Waals surface area contributed by atoms with Crippen molar-refractivity contribution >= 4 is 16.6 Å². The van der Waals surface area contributed by atoms with Gasteiger partial charge in [-0.15, -0.1) is 0 Å². The average molecular weight is 203 g/mol. The molecule has 1 rings (SSSR count). The van der Waals surface area contributed by atoms with E-state index in [-0.39, 0.29) is 5.92 Å². The third-order valence-corrected chi connectivity index (χ3v) is 3.21. The van der Waals surface area contributed by atoms with Gasteiger partial charge in [0.2, 0.25) is 0 Å². The highest BCUT2D eigenvalue weighted by molar-refractivity contribution is 7.84. The van der Waals surface area contributed by atoms with Crippen molar-refractivity contribution in [2.24, 2.45) is 5.92 Å². The summed E-state index contributed by atoms with van der Waals surface area (Å²) in [5.74, 6) is 1.26. The molecule has 0 radical (unpaired) electrons. The molecule has 1 heterocycles. The molecule has 1 saturated heterocycles. The van der Waals surface area contributed by atoms with Crippen molar-refractivity contribution in [3.8, 4) is 0 Å². The van der Waals surface area contributed by atoms with Gasteiger partial charge in [-0.3, -0.25) is 9.00 Å². The maximum Gasteiger partial charge on any atom is 0.138 e. The number of carbonyl (C=O) groups excluding carboxylic acids is 1. The van der Waals surface area contributed by atoms with Gasteiger partial charge in [0.1, 0.15) is 5.78 Å². The Kier molecular flexibility index (Phi) is 4.06. The molecule has 76 valence electrons. The maximum atomic E-state index is 11.2. The van der Waals surface area contributed by atoms with Crippen LogP contribution in [0.15, 0.2) is 0 Å². The summed E-state index contributed by atoms with van der Waals surface area (Å²) in [5.41, 5.74) is 0. The quantitative estimate of drug-likeness (QED) is 0.661. The van der Waals surface area contributed by atoms with Crippen molar-refractivity contribution in [3.05, 3.63) is 0 Å². The molecule has 1 aliphatic heterocycles. The average Bonchev–Trinajstić information content (AvgIpc) is 2.07. The first-order chi connectivity index (χ1) is 6.09. The van der Waals surface area contributed by atoms with Crippen molar-refractivity contribution in [3.63, 3.8) is 0 Å². The van der Waals surface area contributed by atoms with Crippen LogP contribution < -0.4 is 0 Å². The topological polar surface area (TPSA) is 37.4 Å². The number of carbonyl (C=O) groups is 1. The third-order valence-electron chi connectivity index (χ3n) is 2.45. The number of ketones is 1. The minimum Gasteiger partial charge on any atom is -0.301 e. The SMILES string of the molecule is CC1CN(CCS(C)=O)CCC1=O. The Morgan fingerprint density at radius 1 is 1.62 bits per heavy atom. The summed E-state index contributed by atoms with van der Waals surface area (Å²) in [6.45, 7) is 4.52. The molecule has 0 spiro atoms. The fourth-order valence-corrected chi connectivity index (χ4v) is 2.07. The minimum atomic E-state index is -0.714. The van der Waals surface area contributed by atoms with E-state index in [1.807, 2.05) is 6.92 Å². The lowest BCUT2D eigenvalue weighted by Crippen LogP contribution is -2.41. The fraction of sp³-hybridized carbons (Fsp3) is 0.889. The first-order valence-corrected chi connectivity index (χ1v) is 6.37. The zero-order chi connectivity index (χ0) is 9.84. The number of nitrogens with zero attached hydrogens (tertiary/aromatic N) is 1. The van der Waals surface area contributed by atoms with Crippen LogP contribution in [0.25, 0.3) is 0 Å². The first-order valence-electron chi connectivity index (χ1n) is 4.64. The minimum absolute atomic E-state index is 0.166. The van der Waals surface area contributed by atoms with Gasteiger partial charge in [0.15, 0.2) is 0 Å². The lowest BCUT2D eigenvalue weighted by atomic mass is 9.99. The second-order valence-corrected chi connectivity index (χ2v) is 5.25. The molecule has 0 aromatic carbocycles. The van der Waals surface area contributed by atoms with E-state index in [0.717, 1.165) is 25.4 Å². The summed E-state index contributed by atoms with van der Waals surface area (Å²) >= 11 is 0. The van der Waals surface area contributed by atoms with Crippen molar-refractivity contribution in [1.29, 1.82) is 0 Å². The highest BCUT2D eigenvalue weighted by Crippen LogP contribution is 2.11. The molecular formula is C9H17NO2S. The van der Waals surface area contributed by atoms with Crippen LogP contribution in [0.5, 0.6) is 0 Å². The first kappa shape index (κ1) is 10.9. The smallest absolute Gasteiger partial charge is 0.138 e. The molecule has 13 heavy (non-hydrogen) atoms. The Morgan fingerprint density at radius 2 is 2.31 bits per heavy atom. The second-order valence-electron chi connectivity index (χ2n) is 3.70. The van der Waals surface area contributed by atoms with E-state index < -0.39 is 10.8 Å². The molecule has 1 aliphatic rings. The van der Waals surface area contributed by atoms with Crippen LogP contribution in [0.1, 0.15) is 13.3 Å². The number of Topliss-reactive ketones (excluding diaryl/α,β-unsaturated/α-hetero) is 1. The number of piperidine rings is 1. The van der Waals surface area contributed by atoms with Gasteiger partial charge in [-0.05, 0) is 0 Å². The van der Waals surface area contributed by atoms with E-state index >= 15 is 0 Å². The number of rotatable bonds is 3. The van der Waals surface area contributed by atoms with E-state index in [4.69, 9.17) is 0 Å². The van der Waals surface area contributed by atoms with Crippen LogP contribution in [0.3, 0.4) is 0 Å². The van der Waals surface area contributed by atoms with Crippen LogP contribution in [-0.2, 0) is 15.6 Å². The molecule has 2 atom stereocenters. The predicted molar refractivity (Wildman–Crippen MR) is 54.2 cm³/mol. The van der Waals surface area contributed by atoms with E-state index in [0.29, 0.717) is 12.2 Å². The van der Waals surface area contributed by atoms with Crippen LogP contribution in [0.2, 0.25) is 0 Å². The Hall–Kier alpha value is -0.220. The van der Waals surface area contributed by atoms with E-state index in [2.05, 4.69) is 4.90 Å². The largest absolute Gasteiger partial charge is 0.301 e. The maximum absolute atomic E-state index is 11.2. The normalized spacial score (nSPS) is 27.5. The van der Waals surface area contributed by atoms with Gasteiger partial charge in [-0.25, -0.2) is 0 Å². The second kappa shape index (κ2) is 4.86. The summed E-state index contributed by atoms with van der Waals surface area (Å²) in [6, 6.07) is 0. The lowest BCUT2D eigenvalue weighted by Gasteiger charge is -2.29. The molecular weight excluding hydrogens is 186 g/mol. The standard InChI is InChI=1S/C9H17NO2S/c1-8-7-10(4-3-9(8)11)5-6-13(2)12/h8H,3-7H2,1-2H3. The number of likely N-dealkylation sites (tertiary alicyclic amines) is 1. The van der Waals surface area contributed by atoms with Crippen LogP contribution in [0, 0.1) is 5.92 Å². The Bertz CT molecular complexity index is 218. The van der Waals surface area contributed by atoms with Gasteiger partial charge in [0, 0.05) is 54.8 Å². The fourth-order valence-electron chi connectivity index (χ4n) is 1.56. The summed E-state index contributed by atoms with van der Waals surface area (Å²) < 4.78 is 10.8. The van der Waals surface area contributed by atoms with Crippen molar-refractivity contribution < 1.29 is 9.00 Å². The van der Waals surface area contributed by atoms with Crippen molar-refractivity contribution in [1.82, 2.24) is 4.90 Å². The molecule has 0 saturated carbocycles. The Labute approximate surface area is 81.9 Å². The molecule has 0 bridgehead atoms. The van der Waals surface area contributed by atoms with Gasteiger partial charge in [0.25, 0.3) is 0 Å². The molecule has 0 amide bonds. The Morgan fingerprint density at radius 3 is 2.85 bits per heavy atom. The van der Waals surface area contributed by atoms with Crippen molar-refractivity contribution in [2.75, 3.05) is 31.6 Å². The molecule has 0 aliphatic carbocycles. The van der Waals surface area contributed by atoms with Crippen molar-refractivity contribution in [2.45, 2.75) is 13.3 Å². The highest BCUT2D eigenvalue weighted by Gasteiger charge is 2.22. The van der Waals surface area contributed by atoms with Crippen LogP contribution in [0.4, 0.5) is 0 Å². The summed E-state index contributed by atoms with van der Waals surface area (Å²) in [5, 5.41) is 0. The van der Waals surface area contributed by atoms with Crippen LogP contribution >= 0.6 is 0 Å². The summed E-state index contributed by atoms with van der Waals surface area (Å²) in [7, 11) is -0.714. The Balaban J connectivity index is 2.29. The lowest BCUT2D eigenvalue weighted by molar-refractivity contribution is -0.125. The van der Waals surface area contributed by atoms with Gasteiger partial charge >= 0.3 is 0 Å². The highest BCUT2D eigenvalue weighted by atomic mass is 32.2. The van der Waals surface area contributed by atoms with Crippen LogP contribution in [-0.4, -0.2) is 46.5 Å². The molecule has 0 aromatic heterocycles. The molecule has 0 N–H and O–H groups in total. The number of hydrogen-bond acceptors (Lipinski definition) is 3. The zero-order valence-electron chi connectivity index (χ0n) is 8.28. The van der Waals surface area contributed by atoms with E-state index in [1.165, 1.54) is 0 Å². The van der Waals surface area contributed by atoms with E-state index in [1.54, 1.807) is 6.26 Å². The summed E-state index contributed by atoms with van der Waals surface area (Å²) in [4.78, 5) is 13.4.